The topological polar surface area (TPSA) is 102 Å². The van der Waals surface area contributed by atoms with Crippen LogP contribution in [0.3, 0.4) is 0 Å². The van der Waals surface area contributed by atoms with Gasteiger partial charge in [-0.15, -0.1) is 0 Å². The van der Waals surface area contributed by atoms with E-state index in [2.05, 4.69) is 0 Å². The van der Waals surface area contributed by atoms with Gasteiger partial charge in [0.05, 0.1) is 0 Å². The summed E-state index contributed by atoms with van der Waals surface area (Å²) >= 11 is 0. The molecule has 0 aromatic heterocycles. The molecule has 46 valence electrons. The molecule has 8 N–H and O–H groups in total. The summed E-state index contributed by atoms with van der Waals surface area (Å²) in [5.74, 6) is 0. The van der Waals surface area contributed by atoms with E-state index in [0.29, 0.717) is 0 Å². The van der Waals surface area contributed by atoms with E-state index >= 15 is 0 Å². The molecule has 0 aliphatic rings. The van der Waals surface area contributed by atoms with Crippen molar-refractivity contribution in [1.82, 2.24) is 12.3 Å². The molecule has 0 rings (SSSR count). The van der Waals surface area contributed by atoms with Gasteiger partial charge >= 0.3 is 0 Å². The third kappa shape index (κ3) is 32.7. The molecule has 0 bridgehead atoms. The number of hydrogen-bond acceptors (Lipinski definition) is 2. The van der Waals surface area contributed by atoms with Crippen LogP contribution in [0.5, 0.6) is 0 Å². The Hall–Kier alpha value is 1.36. The molecule has 2 radical (unpaired) electrons. The Balaban J connectivity index is 0. The first kappa shape index (κ1) is 98.7. The van der Waals surface area contributed by atoms with Gasteiger partial charge in [-0.05, 0) is 0 Å². The van der Waals surface area contributed by atoms with E-state index in [4.69, 9.17) is 0 Å². The first-order valence-electron chi connectivity index (χ1n) is 0. The molecule has 0 atom stereocenters. The van der Waals surface area contributed by atoms with Gasteiger partial charge in [0.15, 0.2) is 0 Å². The largest absolute Gasteiger partial charge is 0.412 e. The van der Waals surface area contributed by atoms with Crippen LogP contribution in [0, 0.1) is 0 Å². The maximum Gasteiger partial charge on any atom is 0 e. The molecule has 0 saturated heterocycles. The van der Waals surface area contributed by atoms with Crippen molar-refractivity contribution in [3.8, 4) is 0 Å². The molecule has 0 saturated carbocycles. The Bertz CT molecular complexity index is 7.61. The standard InChI is InChI=1S/2Ag.2H3N.H2O/h;;2*1H3;1H2. The maximum absolute atomic E-state index is 0. The first-order chi connectivity index (χ1) is 0. The van der Waals surface area contributed by atoms with Gasteiger partial charge in [-0.2, -0.15) is 0 Å². The van der Waals surface area contributed by atoms with Crippen LogP contribution in [0.4, 0.5) is 0 Å². The Morgan fingerprint density at radius 2 is 0.600 bits per heavy atom. The van der Waals surface area contributed by atoms with Crippen LogP contribution in [0.25, 0.3) is 0 Å². The van der Waals surface area contributed by atoms with E-state index < -0.39 is 0 Å². The fourth-order valence-electron chi connectivity index (χ4n) is 0. The normalized spacial score (nSPS) is 0. The van der Waals surface area contributed by atoms with Gasteiger partial charge in [-0.1, -0.05) is 0 Å². The first-order valence-corrected chi connectivity index (χ1v) is 0. The summed E-state index contributed by atoms with van der Waals surface area (Å²) in [7, 11) is 0. The fraction of sp³-hybridized carbons (Fsp3) is 0. The van der Waals surface area contributed by atoms with Crippen molar-refractivity contribution < 1.29 is 50.2 Å². The van der Waals surface area contributed by atoms with E-state index in [-0.39, 0.29) is 62.5 Å². The second-order valence-corrected chi connectivity index (χ2v) is 0. The zero-order chi connectivity index (χ0) is 0. The van der Waals surface area contributed by atoms with Gasteiger partial charge in [0.25, 0.3) is 0 Å². The molecular formula is H8Ag2N2O. The summed E-state index contributed by atoms with van der Waals surface area (Å²) in [5.41, 5.74) is 0. The molecule has 0 aliphatic heterocycles. The van der Waals surface area contributed by atoms with Gasteiger partial charge in [0.1, 0.15) is 0 Å². The quantitative estimate of drug-likeness (QED) is 0.578. The minimum atomic E-state index is 0. The molecule has 5 heavy (non-hydrogen) atoms. The third-order valence-electron chi connectivity index (χ3n) is 0. The van der Waals surface area contributed by atoms with Crippen LogP contribution in [0.2, 0.25) is 0 Å². The number of hydrogen-bond donors (Lipinski definition) is 2. The molecule has 0 aromatic rings. The summed E-state index contributed by atoms with van der Waals surface area (Å²) in [6.07, 6.45) is 0. The molecule has 0 aliphatic carbocycles. The molecule has 3 nitrogen and oxygen atoms in total. The van der Waals surface area contributed by atoms with Crippen LogP contribution < -0.4 is 12.3 Å². The van der Waals surface area contributed by atoms with E-state index in [9.17, 15) is 0 Å². The van der Waals surface area contributed by atoms with E-state index in [0.717, 1.165) is 0 Å². The van der Waals surface area contributed by atoms with Crippen molar-refractivity contribution >= 4 is 0 Å². The van der Waals surface area contributed by atoms with Crippen molar-refractivity contribution in [2.45, 2.75) is 0 Å². The van der Waals surface area contributed by atoms with E-state index in [1.54, 1.807) is 0 Å². The Kier molecular flexibility index (Phi) is 1090. The number of rotatable bonds is 0. The van der Waals surface area contributed by atoms with E-state index in [1.165, 1.54) is 0 Å². The van der Waals surface area contributed by atoms with Gasteiger partial charge < -0.3 is 17.8 Å². The van der Waals surface area contributed by atoms with Gasteiger partial charge in [-0.25, -0.2) is 0 Å². The van der Waals surface area contributed by atoms with Crippen LogP contribution in [0.1, 0.15) is 0 Å². The van der Waals surface area contributed by atoms with Crippen molar-refractivity contribution in [2.75, 3.05) is 0 Å². The summed E-state index contributed by atoms with van der Waals surface area (Å²) in [4.78, 5) is 0. The summed E-state index contributed by atoms with van der Waals surface area (Å²) in [6.45, 7) is 0. The van der Waals surface area contributed by atoms with Crippen molar-refractivity contribution in [1.29, 1.82) is 0 Å². The second kappa shape index (κ2) is 55.1. The van der Waals surface area contributed by atoms with Gasteiger partial charge in [0.2, 0.25) is 0 Å². The van der Waals surface area contributed by atoms with Crippen molar-refractivity contribution in [3.05, 3.63) is 0 Å². The second-order valence-electron chi connectivity index (χ2n) is 0. The zero-order valence-electron chi connectivity index (χ0n) is 2.52. The summed E-state index contributed by atoms with van der Waals surface area (Å²) in [5, 5.41) is 0. The van der Waals surface area contributed by atoms with Gasteiger partial charge in [-0.3, -0.25) is 0 Å². The minimum Gasteiger partial charge on any atom is -0.412 e. The predicted octanol–water partition coefficient (Wildman–Crippen LogP) is -0.506. The molecule has 5 heteroatoms. The predicted molar refractivity (Wildman–Crippen MR) is 13.7 cm³/mol. The molecule has 0 amide bonds. The third-order valence-corrected chi connectivity index (χ3v) is 0. The van der Waals surface area contributed by atoms with Crippen LogP contribution in [-0.4, -0.2) is 5.48 Å². The molecule has 0 heterocycles. The molecule has 0 aromatic carbocycles. The van der Waals surface area contributed by atoms with Crippen LogP contribution >= 0.6 is 0 Å². The Labute approximate surface area is 62.4 Å². The Morgan fingerprint density at radius 3 is 0.600 bits per heavy atom. The van der Waals surface area contributed by atoms with E-state index in [1.807, 2.05) is 0 Å². The molecule has 0 spiro atoms. The van der Waals surface area contributed by atoms with Crippen LogP contribution in [-0.2, 0) is 44.8 Å². The molecular weight excluding hydrogens is 260 g/mol. The van der Waals surface area contributed by atoms with Crippen LogP contribution in [0.15, 0.2) is 0 Å². The Morgan fingerprint density at radius 1 is 0.600 bits per heavy atom. The smallest absolute Gasteiger partial charge is 0 e. The van der Waals surface area contributed by atoms with Crippen molar-refractivity contribution in [3.63, 3.8) is 0 Å². The summed E-state index contributed by atoms with van der Waals surface area (Å²) in [6, 6.07) is 0. The van der Waals surface area contributed by atoms with Gasteiger partial charge in [0, 0.05) is 44.8 Å². The minimum absolute atomic E-state index is 0. The SMILES string of the molecule is N.N.O.[Ag].[Ag]. The summed E-state index contributed by atoms with van der Waals surface area (Å²) < 4.78 is 0. The fourth-order valence-corrected chi connectivity index (χ4v) is 0. The van der Waals surface area contributed by atoms with Crippen molar-refractivity contribution in [2.24, 2.45) is 0 Å². The average molecular weight is 268 g/mol. The monoisotopic (exact) mass is 266 g/mol. The molecule has 0 unspecified atom stereocenters. The average Bonchev–Trinajstić information content (AvgIpc) is 0. The maximum atomic E-state index is 0. The molecule has 0 fully saturated rings. The zero-order valence-corrected chi connectivity index (χ0v) is 5.48.